The van der Waals surface area contributed by atoms with E-state index < -0.39 is 0 Å². The van der Waals surface area contributed by atoms with Crippen molar-refractivity contribution in [3.8, 4) is 0 Å². The van der Waals surface area contributed by atoms with E-state index in [1.807, 2.05) is 36.9 Å². The summed E-state index contributed by atoms with van der Waals surface area (Å²) in [5.74, 6) is -0.117. The molecular formula is C18H21N5O. The molecule has 0 aliphatic rings. The molecular weight excluding hydrogens is 302 g/mol. The summed E-state index contributed by atoms with van der Waals surface area (Å²) in [5, 5.41) is 11.5. The number of nitrogens with one attached hydrogen (secondary N) is 1. The first-order chi connectivity index (χ1) is 11.5. The number of rotatable bonds is 5. The molecule has 0 saturated heterocycles. The topological polar surface area (TPSA) is 64.7 Å². The van der Waals surface area contributed by atoms with Gasteiger partial charge in [-0.3, -0.25) is 14.2 Å². The quantitative estimate of drug-likeness (QED) is 0.785. The second-order valence-corrected chi connectivity index (χ2v) is 6.02. The smallest absolute Gasteiger partial charge is 0.249 e. The molecule has 24 heavy (non-hydrogen) atoms. The Hall–Kier alpha value is -2.89. The number of hydrogen-bond acceptors (Lipinski definition) is 3. The Balaban J connectivity index is 1.64. The number of nitrogens with zero attached hydrogens (tertiary/aromatic N) is 4. The van der Waals surface area contributed by atoms with Crippen LogP contribution in [0.1, 0.15) is 29.8 Å². The fourth-order valence-electron chi connectivity index (χ4n) is 2.53. The largest absolute Gasteiger partial charge is 0.322 e. The monoisotopic (exact) mass is 323 g/mol. The van der Waals surface area contributed by atoms with Gasteiger partial charge in [0.05, 0.1) is 24.1 Å². The Morgan fingerprint density at radius 2 is 2.12 bits per heavy atom. The van der Waals surface area contributed by atoms with Crippen molar-refractivity contribution in [2.24, 2.45) is 0 Å². The van der Waals surface area contributed by atoms with Gasteiger partial charge >= 0.3 is 0 Å². The first kappa shape index (κ1) is 16.0. The van der Waals surface area contributed by atoms with Crippen LogP contribution in [0, 0.1) is 13.8 Å². The lowest BCUT2D eigenvalue weighted by Crippen LogP contribution is -2.23. The van der Waals surface area contributed by atoms with Crippen LogP contribution >= 0.6 is 0 Å². The van der Waals surface area contributed by atoms with E-state index >= 15 is 0 Å². The maximum absolute atomic E-state index is 12.3. The lowest BCUT2D eigenvalue weighted by molar-refractivity contribution is -0.119. The summed E-state index contributed by atoms with van der Waals surface area (Å²) in [6, 6.07) is 9.79. The Morgan fingerprint density at radius 1 is 1.29 bits per heavy atom. The van der Waals surface area contributed by atoms with Gasteiger partial charge in [0.25, 0.3) is 0 Å². The van der Waals surface area contributed by atoms with Crippen LogP contribution in [0.15, 0.2) is 48.9 Å². The van der Waals surface area contributed by atoms with Crippen molar-refractivity contribution in [2.75, 3.05) is 5.32 Å². The molecule has 2 heterocycles. The number of carbonyl (C=O) groups excluding carboxylic acids is 1. The first-order valence-corrected chi connectivity index (χ1v) is 7.92. The van der Waals surface area contributed by atoms with Crippen LogP contribution in [0.3, 0.4) is 0 Å². The van der Waals surface area contributed by atoms with Crippen molar-refractivity contribution < 1.29 is 4.79 Å². The normalized spacial score (nSPS) is 12.1. The van der Waals surface area contributed by atoms with Gasteiger partial charge in [-0.1, -0.05) is 29.8 Å². The predicted octanol–water partition coefficient (Wildman–Crippen LogP) is 2.94. The SMILES string of the molecule is Cc1cccc(Cn2cc(NC(=O)C(C)n3ccc(C)n3)cn2)c1. The summed E-state index contributed by atoms with van der Waals surface area (Å²) in [5.41, 5.74) is 3.97. The highest BCUT2D eigenvalue weighted by molar-refractivity contribution is 5.93. The standard InChI is InChI=1S/C18H21N5O/c1-13-5-4-6-16(9-13)11-22-12-17(10-19-22)20-18(24)15(3)23-8-7-14(2)21-23/h4-10,12,15H,11H2,1-3H3,(H,20,24). The molecule has 1 unspecified atom stereocenters. The van der Waals surface area contributed by atoms with Crippen LogP contribution in [0.4, 0.5) is 5.69 Å². The molecule has 2 aromatic heterocycles. The average Bonchev–Trinajstić information content (AvgIpc) is 3.16. The molecule has 0 saturated carbocycles. The highest BCUT2D eigenvalue weighted by atomic mass is 16.2. The molecule has 0 spiro atoms. The van der Waals surface area contributed by atoms with Gasteiger partial charge in [0.15, 0.2) is 0 Å². The van der Waals surface area contributed by atoms with Crippen molar-refractivity contribution in [1.29, 1.82) is 0 Å². The van der Waals surface area contributed by atoms with E-state index in [0.29, 0.717) is 12.2 Å². The highest BCUT2D eigenvalue weighted by Gasteiger charge is 2.16. The molecule has 1 N–H and O–H groups in total. The Kier molecular flexibility index (Phi) is 4.46. The number of hydrogen-bond donors (Lipinski definition) is 1. The third-order valence-corrected chi connectivity index (χ3v) is 3.85. The Labute approximate surface area is 141 Å². The second kappa shape index (κ2) is 6.70. The molecule has 1 amide bonds. The molecule has 0 aliphatic heterocycles. The maximum atomic E-state index is 12.3. The van der Waals surface area contributed by atoms with E-state index in [-0.39, 0.29) is 11.9 Å². The molecule has 0 radical (unpaired) electrons. The fraction of sp³-hybridized carbons (Fsp3) is 0.278. The van der Waals surface area contributed by atoms with Gasteiger partial charge in [-0.25, -0.2) is 0 Å². The van der Waals surface area contributed by atoms with Crippen molar-refractivity contribution in [2.45, 2.75) is 33.4 Å². The third-order valence-electron chi connectivity index (χ3n) is 3.85. The van der Waals surface area contributed by atoms with Gasteiger partial charge < -0.3 is 5.32 Å². The summed E-state index contributed by atoms with van der Waals surface area (Å²) in [6.07, 6.45) is 5.30. The van der Waals surface area contributed by atoms with E-state index in [2.05, 4.69) is 40.6 Å². The zero-order valence-electron chi connectivity index (χ0n) is 14.1. The molecule has 0 aliphatic carbocycles. The zero-order valence-corrected chi connectivity index (χ0v) is 14.1. The minimum Gasteiger partial charge on any atom is -0.322 e. The lowest BCUT2D eigenvalue weighted by atomic mass is 10.1. The number of benzene rings is 1. The van der Waals surface area contributed by atoms with Crippen LogP contribution in [-0.4, -0.2) is 25.5 Å². The van der Waals surface area contributed by atoms with Gasteiger partial charge in [-0.2, -0.15) is 10.2 Å². The van der Waals surface area contributed by atoms with Crippen molar-refractivity contribution in [3.63, 3.8) is 0 Å². The van der Waals surface area contributed by atoms with Crippen LogP contribution in [0.2, 0.25) is 0 Å². The molecule has 3 rings (SSSR count). The van der Waals surface area contributed by atoms with Gasteiger partial charge in [0.1, 0.15) is 6.04 Å². The number of aryl methyl sites for hydroxylation is 2. The van der Waals surface area contributed by atoms with E-state index in [9.17, 15) is 4.79 Å². The van der Waals surface area contributed by atoms with E-state index in [1.54, 1.807) is 17.1 Å². The highest BCUT2D eigenvalue weighted by Crippen LogP contribution is 2.13. The molecule has 6 heteroatoms. The molecule has 0 fully saturated rings. The molecule has 1 aromatic carbocycles. The fourth-order valence-corrected chi connectivity index (χ4v) is 2.53. The second-order valence-electron chi connectivity index (χ2n) is 6.02. The van der Waals surface area contributed by atoms with Gasteiger partial charge in [-0.05, 0) is 32.4 Å². The minimum absolute atomic E-state index is 0.117. The van der Waals surface area contributed by atoms with Gasteiger partial charge in [-0.15, -0.1) is 0 Å². The average molecular weight is 323 g/mol. The van der Waals surface area contributed by atoms with Gasteiger partial charge in [0, 0.05) is 12.4 Å². The molecule has 0 bridgehead atoms. The summed E-state index contributed by atoms with van der Waals surface area (Å²) in [6.45, 7) is 6.46. The maximum Gasteiger partial charge on any atom is 0.249 e. The van der Waals surface area contributed by atoms with Crippen molar-refractivity contribution in [3.05, 3.63) is 65.7 Å². The summed E-state index contributed by atoms with van der Waals surface area (Å²) >= 11 is 0. The number of carbonyl (C=O) groups is 1. The van der Waals surface area contributed by atoms with E-state index in [1.165, 1.54) is 11.1 Å². The van der Waals surface area contributed by atoms with E-state index in [0.717, 1.165) is 5.69 Å². The lowest BCUT2D eigenvalue weighted by Gasteiger charge is -2.11. The van der Waals surface area contributed by atoms with Crippen LogP contribution in [-0.2, 0) is 11.3 Å². The number of anilines is 1. The zero-order chi connectivity index (χ0) is 17.1. The molecule has 6 nitrogen and oxygen atoms in total. The van der Waals surface area contributed by atoms with Gasteiger partial charge in [0.2, 0.25) is 5.91 Å². The third kappa shape index (κ3) is 3.71. The summed E-state index contributed by atoms with van der Waals surface area (Å²) in [7, 11) is 0. The number of aromatic nitrogens is 4. The van der Waals surface area contributed by atoms with Crippen molar-refractivity contribution >= 4 is 11.6 Å². The molecule has 1 atom stereocenters. The predicted molar refractivity (Wildman–Crippen MR) is 92.8 cm³/mol. The van der Waals surface area contributed by atoms with E-state index in [4.69, 9.17) is 0 Å². The number of amides is 1. The van der Waals surface area contributed by atoms with Crippen LogP contribution in [0.25, 0.3) is 0 Å². The Bertz CT molecular complexity index is 848. The van der Waals surface area contributed by atoms with Crippen LogP contribution < -0.4 is 5.32 Å². The van der Waals surface area contributed by atoms with Crippen molar-refractivity contribution in [1.82, 2.24) is 19.6 Å². The summed E-state index contributed by atoms with van der Waals surface area (Å²) < 4.78 is 3.47. The molecule has 124 valence electrons. The first-order valence-electron chi connectivity index (χ1n) is 7.92. The minimum atomic E-state index is -0.376. The van der Waals surface area contributed by atoms with Crippen LogP contribution in [0.5, 0.6) is 0 Å². The summed E-state index contributed by atoms with van der Waals surface area (Å²) in [4.78, 5) is 12.3. The molecule has 3 aromatic rings. The Morgan fingerprint density at radius 3 is 2.83 bits per heavy atom.